The lowest BCUT2D eigenvalue weighted by atomic mass is 10.3. The predicted octanol–water partition coefficient (Wildman–Crippen LogP) is 3.02. The van der Waals surface area contributed by atoms with Gasteiger partial charge in [-0.15, -0.1) is 11.3 Å². The Morgan fingerprint density at radius 3 is 2.84 bits per heavy atom. The van der Waals surface area contributed by atoms with Crippen LogP contribution in [0.3, 0.4) is 0 Å². The van der Waals surface area contributed by atoms with E-state index in [-0.39, 0.29) is 6.03 Å². The van der Waals surface area contributed by atoms with Crippen LogP contribution in [-0.4, -0.2) is 55.2 Å². The topological polar surface area (TPSA) is 57.7 Å². The summed E-state index contributed by atoms with van der Waals surface area (Å²) in [6.45, 7) is 5.86. The molecule has 1 saturated heterocycles. The summed E-state index contributed by atoms with van der Waals surface area (Å²) in [6, 6.07) is 7.17. The summed E-state index contributed by atoms with van der Waals surface area (Å²) in [4.78, 5) is 20.8. The molecule has 2 aromatic rings. The maximum absolute atomic E-state index is 12.2. The van der Waals surface area contributed by atoms with Gasteiger partial charge in [-0.3, -0.25) is 0 Å². The van der Waals surface area contributed by atoms with Gasteiger partial charge < -0.3 is 19.9 Å². The third-order valence-corrected chi connectivity index (χ3v) is 5.14. The van der Waals surface area contributed by atoms with Crippen LogP contribution in [0.5, 0.6) is 5.75 Å². The fraction of sp³-hybridized carbons (Fsp3) is 0.412. The van der Waals surface area contributed by atoms with E-state index < -0.39 is 0 Å². The first-order valence-electron chi connectivity index (χ1n) is 8.20. The van der Waals surface area contributed by atoms with Crippen molar-refractivity contribution in [3.8, 4) is 5.75 Å². The molecule has 134 valence electrons. The van der Waals surface area contributed by atoms with E-state index in [4.69, 9.17) is 16.3 Å². The second kappa shape index (κ2) is 8.40. The monoisotopic (exact) mass is 380 g/mol. The molecule has 1 fully saturated rings. The van der Waals surface area contributed by atoms with Crippen LogP contribution in [0.1, 0.15) is 5.69 Å². The molecule has 1 aromatic carbocycles. The molecular weight excluding hydrogens is 360 g/mol. The number of nitrogens with one attached hydrogen (secondary N) is 1. The van der Waals surface area contributed by atoms with Crippen LogP contribution < -0.4 is 15.0 Å². The molecule has 6 nitrogen and oxygen atoms in total. The molecule has 0 radical (unpaired) electrons. The number of hydrogen-bond donors (Lipinski definition) is 1. The van der Waals surface area contributed by atoms with Crippen molar-refractivity contribution in [2.45, 2.75) is 6.92 Å². The maximum Gasteiger partial charge on any atom is 0.317 e. The molecule has 3 rings (SSSR count). The van der Waals surface area contributed by atoms with Crippen LogP contribution >= 0.6 is 22.9 Å². The first-order valence-corrected chi connectivity index (χ1v) is 9.46. The van der Waals surface area contributed by atoms with Gasteiger partial charge in [0.05, 0.1) is 12.2 Å². The van der Waals surface area contributed by atoms with Gasteiger partial charge in [-0.1, -0.05) is 17.7 Å². The Labute approximate surface area is 156 Å². The van der Waals surface area contributed by atoms with Crippen molar-refractivity contribution in [3.63, 3.8) is 0 Å². The van der Waals surface area contributed by atoms with Gasteiger partial charge in [0.2, 0.25) is 0 Å². The number of ether oxygens (including phenoxy) is 1. The number of amides is 2. The number of hydrogen-bond acceptors (Lipinski definition) is 5. The standard InChI is InChI=1S/C17H21ClN4O2S/c1-13-12-25-17(20-13)22-8-6-21(7-9-22)16(23)19-5-10-24-15-4-2-3-14(18)11-15/h2-4,11-12H,5-10H2,1H3,(H,19,23). The van der Waals surface area contributed by atoms with Crippen molar-refractivity contribution in [1.29, 1.82) is 0 Å². The van der Waals surface area contributed by atoms with Gasteiger partial charge in [-0.05, 0) is 25.1 Å². The number of thiazole rings is 1. The SMILES string of the molecule is Cc1csc(N2CCN(C(=O)NCCOc3cccc(Cl)c3)CC2)n1. The molecule has 0 bridgehead atoms. The van der Waals surface area contributed by atoms with Crippen molar-refractivity contribution >= 4 is 34.1 Å². The Hall–Kier alpha value is -1.99. The Kier molecular flexibility index (Phi) is 5.99. The van der Waals surface area contributed by atoms with Crippen LogP contribution in [0, 0.1) is 6.92 Å². The van der Waals surface area contributed by atoms with E-state index in [1.807, 2.05) is 29.3 Å². The third-order valence-electron chi connectivity index (χ3n) is 3.89. The van der Waals surface area contributed by atoms with Gasteiger partial charge in [-0.25, -0.2) is 9.78 Å². The number of carbonyl (C=O) groups is 1. The molecule has 0 unspecified atom stereocenters. The van der Waals surface area contributed by atoms with Gasteiger partial charge in [0.15, 0.2) is 5.13 Å². The number of aromatic nitrogens is 1. The zero-order valence-electron chi connectivity index (χ0n) is 14.1. The molecule has 8 heteroatoms. The largest absolute Gasteiger partial charge is 0.492 e. The summed E-state index contributed by atoms with van der Waals surface area (Å²) in [5.41, 5.74) is 1.04. The molecule has 0 aliphatic carbocycles. The lowest BCUT2D eigenvalue weighted by molar-refractivity contribution is 0.191. The summed E-state index contributed by atoms with van der Waals surface area (Å²) >= 11 is 7.55. The van der Waals surface area contributed by atoms with E-state index in [0.29, 0.717) is 37.0 Å². The van der Waals surface area contributed by atoms with Crippen molar-refractivity contribution in [2.24, 2.45) is 0 Å². The van der Waals surface area contributed by atoms with Gasteiger partial charge in [-0.2, -0.15) is 0 Å². The Morgan fingerprint density at radius 1 is 1.36 bits per heavy atom. The molecule has 2 amide bonds. The fourth-order valence-corrected chi connectivity index (χ4v) is 3.62. The van der Waals surface area contributed by atoms with Gasteiger partial charge in [0.1, 0.15) is 12.4 Å². The number of rotatable bonds is 5. The summed E-state index contributed by atoms with van der Waals surface area (Å²) in [6.07, 6.45) is 0. The molecule has 1 N–H and O–H groups in total. The van der Waals surface area contributed by atoms with Gasteiger partial charge in [0.25, 0.3) is 0 Å². The van der Waals surface area contributed by atoms with Crippen molar-refractivity contribution in [1.82, 2.24) is 15.2 Å². The summed E-state index contributed by atoms with van der Waals surface area (Å²) < 4.78 is 5.57. The molecular formula is C17H21ClN4O2S. The van der Waals surface area contributed by atoms with Gasteiger partial charge in [0, 0.05) is 36.6 Å². The zero-order chi connectivity index (χ0) is 17.6. The van der Waals surface area contributed by atoms with E-state index >= 15 is 0 Å². The van der Waals surface area contributed by atoms with Crippen LogP contribution in [0.2, 0.25) is 5.02 Å². The van der Waals surface area contributed by atoms with Crippen molar-refractivity contribution in [2.75, 3.05) is 44.2 Å². The molecule has 1 aliphatic heterocycles. The fourth-order valence-electron chi connectivity index (χ4n) is 2.58. The first-order chi connectivity index (χ1) is 12.1. The average Bonchev–Trinajstić information content (AvgIpc) is 3.05. The first kappa shape index (κ1) is 17.8. The molecule has 1 aliphatic rings. The van der Waals surface area contributed by atoms with Crippen LogP contribution in [0.4, 0.5) is 9.93 Å². The summed E-state index contributed by atoms with van der Waals surface area (Å²) in [7, 11) is 0. The van der Waals surface area contributed by atoms with E-state index in [1.54, 1.807) is 23.5 Å². The number of piperazine rings is 1. The zero-order valence-corrected chi connectivity index (χ0v) is 15.6. The number of urea groups is 1. The molecule has 0 atom stereocenters. The highest BCUT2D eigenvalue weighted by molar-refractivity contribution is 7.13. The highest BCUT2D eigenvalue weighted by Gasteiger charge is 2.22. The number of anilines is 1. The van der Waals surface area contributed by atoms with Crippen molar-refractivity contribution < 1.29 is 9.53 Å². The van der Waals surface area contributed by atoms with E-state index in [0.717, 1.165) is 23.9 Å². The maximum atomic E-state index is 12.2. The van der Waals surface area contributed by atoms with Crippen LogP contribution in [0.25, 0.3) is 0 Å². The number of carbonyl (C=O) groups excluding carboxylic acids is 1. The second-order valence-corrected chi connectivity index (χ2v) is 7.06. The van der Waals surface area contributed by atoms with E-state index in [1.165, 1.54) is 0 Å². The minimum absolute atomic E-state index is 0.0512. The smallest absolute Gasteiger partial charge is 0.317 e. The molecule has 0 spiro atoms. The average molecular weight is 381 g/mol. The second-order valence-electron chi connectivity index (χ2n) is 5.78. The molecule has 25 heavy (non-hydrogen) atoms. The number of nitrogens with zero attached hydrogens (tertiary/aromatic N) is 3. The Bertz CT molecular complexity index is 716. The highest BCUT2D eigenvalue weighted by Crippen LogP contribution is 2.21. The molecule has 0 saturated carbocycles. The molecule has 2 heterocycles. The number of benzene rings is 1. The van der Waals surface area contributed by atoms with E-state index in [9.17, 15) is 4.79 Å². The highest BCUT2D eigenvalue weighted by atomic mass is 35.5. The van der Waals surface area contributed by atoms with Crippen LogP contribution in [0.15, 0.2) is 29.6 Å². The quantitative estimate of drug-likeness (QED) is 0.810. The van der Waals surface area contributed by atoms with Gasteiger partial charge >= 0.3 is 6.03 Å². The summed E-state index contributed by atoms with van der Waals surface area (Å²) in [5.74, 6) is 0.703. The minimum Gasteiger partial charge on any atom is -0.492 e. The van der Waals surface area contributed by atoms with Crippen LogP contribution in [-0.2, 0) is 0 Å². The minimum atomic E-state index is -0.0512. The number of halogens is 1. The molecule has 1 aromatic heterocycles. The Balaban J connectivity index is 1.36. The predicted molar refractivity (Wildman–Crippen MR) is 101 cm³/mol. The lowest BCUT2D eigenvalue weighted by Gasteiger charge is -2.34. The number of aryl methyl sites for hydroxylation is 1. The third kappa shape index (κ3) is 4.99. The summed E-state index contributed by atoms with van der Waals surface area (Å²) in [5, 5.41) is 6.61. The Morgan fingerprint density at radius 2 is 2.16 bits per heavy atom. The van der Waals surface area contributed by atoms with E-state index in [2.05, 4.69) is 15.2 Å². The lowest BCUT2D eigenvalue weighted by Crippen LogP contribution is -2.52. The van der Waals surface area contributed by atoms with Crippen molar-refractivity contribution in [3.05, 3.63) is 40.4 Å². The normalized spacial score (nSPS) is 14.5.